The molecule has 0 aliphatic heterocycles. The second-order valence-electron chi connectivity index (χ2n) is 7.22. The molecule has 0 aliphatic carbocycles. The highest BCUT2D eigenvalue weighted by Gasteiger charge is 2.24. The van der Waals surface area contributed by atoms with Gasteiger partial charge in [0.1, 0.15) is 9.73 Å². The molecule has 144 valence electrons. The molecular formula is C18H21N3O4S2. The first-order valence-corrected chi connectivity index (χ1v) is 10.7. The number of fused-ring (bicyclic) bond motifs is 1. The summed E-state index contributed by atoms with van der Waals surface area (Å²) in [6, 6.07) is 7.32. The van der Waals surface area contributed by atoms with Gasteiger partial charge < -0.3 is 9.73 Å². The summed E-state index contributed by atoms with van der Waals surface area (Å²) in [5.41, 5.74) is 1.55. The number of rotatable bonds is 5. The predicted molar refractivity (Wildman–Crippen MR) is 105 cm³/mol. The Morgan fingerprint density at radius 2 is 2.00 bits per heavy atom. The lowest BCUT2D eigenvalue weighted by Gasteiger charge is -2.13. The number of thiophene rings is 1. The zero-order valence-corrected chi connectivity index (χ0v) is 17.1. The minimum atomic E-state index is -3.72. The summed E-state index contributed by atoms with van der Waals surface area (Å²) >= 11 is 1.09. The van der Waals surface area contributed by atoms with E-state index in [0.717, 1.165) is 11.3 Å². The summed E-state index contributed by atoms with van der Waals surface area (Å²) in [6.45, 7) is 7.50. The molecule has 0 radical (unpaired) electrons. The highest BCUT2D eigenvalue weighted by molar-refractivity contribution is 7.91. The fourth-order valence-corrected chi connectivity index (χ4v) is 4.55. The van der Waals surface area contributed by atoms with E-state index in [1.807, 2.05) is 20.8 Å². The first-order chi connectivity index (χ1) is 12.6. The van der Waals surface area contributed by atoms with Gasteiger partial charge in [-0.3, -0.25) is 4.79 Å². The lowest BCUT2D eigenvalue weighted by atomic mass is 9.97. The number of aromatic nitrogens is 1. The van der Waals surface area contributed by atoms with Gasteiger partial charge in [-0.05, 0) is 36.6 Å². The highest BCUT2D eigenvalue weighted by atomic mass is 32.2. The molecule has 0 aliphatic rings. The van der Waals surface area contributed by atoms with E-state index in [0.29, 0.717) is 22.7 Å². The molecule has 2 aromatic heterocycles. The maximum Gasteiger partial charge on any atom is 0.250 e. The number of benzene rings is 1. The fraction of sp³-hybridized carbons (Fsp3) is 0.333. The van der Waals surface area contributed by atoms with Gasteiger partial charge in [0.15, 0.2) is 5.58 Å². The average Bonchev–Trinajstić information content (AvgIpc) is 3.23. The van der Waals surface area contributed by atoms with E-state index in [1.54, 1.807) is 29.6 Å². The van der Waals surface area contributed by atoms with E-state index in [2.05, 4.69) is 15.0 Å². The Kier molecular flexibility index (Phi) is 5.11. The lowest BCUT2D eigenvalue weighted by molar-refractivity contribution is -0.117. The first kappa shape index (κ1) is 19.5. The second-order valence-corrected chi connectivity index (χ2v) is 10.1. The zero-order chi connectivity index (χ0) is 19.8. The number of anilines is 1. The molecule has 2 N–H and O–H groups in total. The lowest BCUT2D eigenvalue weighted by Crippen LogP contribution is -2.41. The summed E-state index contributed by atoms with van der Waals surface area (Å²) in [7, 11) is -3.72. The number of nitrogens with one attached hydrogen (secondary N) is 2. The van der Waals surface area contributed by atoms with Gasteiger partial charge in [0, 0.05) is 11.1 Å². The molecule has 0 fully saturated rings. The van der Waals surface area contributed by atoms with Crippen molar-refractivity contribution in [3.05, 3.63) is 41.6 Å². The molecule has 1 atom stereocenters. The monoisotopic (exact) mass is 407 g/mol. The molecule has 27 heavy (non-hydrogen) atoms. The predicted octanol–water partition coefficient (Wildman–Crippen LogP) is 3.49. The van der Waals surface area contributed by atoms with Crippen LogP contribution in [0.4, 0.5) is 5.69 Å². The number of amides is 1. The van der Waals surface area contributed by atoms with Crippen LogP contribution in [0.2, 0.25) is 0 Å². The minimum absolute atomic E-state index is 0.167. The van der Waals surface area contributed by atoms with Gasteiger partial charge in [0.25, 0.3) is 10.0 Å². The second kappa shape index (κ2) is 7.06. The van der Waals surface area contributed by atoms with E-state index in [9.17, 15) is 13.2 Å². The van der Waals surface area contributed by atoms with Crippen molar-refractivity contribution in [2.45, 2.75) is 43.4 Å². The van der Waals surface area contributed by atoms with Gasteiger partial charge in [-0.25, -0.2) is 13.4 Å². The molecule has 0 unspecified atom stereocenters. The van der Waals surface area contributed by atoms with Crippen molar-refractivity contribution in [2.75, 3.05) is 5.32 Å². The van der Waals surface area contributed by atoms with Crippen LogP contribution < -0.4 is 10.0 Å². The molecule has 3 aromatic rings. The third-order valence-electron chi connectivity index (χ3n) is 3.78. The van der Waals surface area contributed by atoms with Gasteiger partial charge in [0.2, 0.25) is 11.8 Å². The Labute approximate surface area is 161 Å². The summed E-state index contributed by atoms with van der Waals surface area (Å²) in [4.78, 5) is 16.8. The normalized spacial score (nSPS) is 13.6. The number of hydrogen-bond acceptors (Lipinski definition) is 6. The van der Waals surface area contributed by atoms with Crippen molar-refractivity contribution in [3.8, 4) is 0 Å². The molecular weight excluding hydrogens is 386 g/mol. The smallest absolute Gasteiger partial charge is 0.250 e. The van der Waals surface area contributed by atoms with Crippen molar-refractivity contribution in [2.24, 2.45) is 0 Å². The Bertz CT molecular complexity index is 1060. The Morgan fingerprint density at radius 3 is 2.63 bits per heavy atom. The van der Waals surface area contributed by atoms with Crippen molar-refractivity contribution >= 4 is 44.1 Å². The number of sulfonamides is 1. The maximum absolute atomic E-state index is 12.4. The Hall–Kier alpha value is -2.23. The van der Waals surface area contributed by atoms with E-state index in [1.165, 1.54) is 13.0 Å². The summed E-state index contributed by atoms with van der Waals surface area (Å²) < 4.78 is 32.7. The average molecular weight is 408 g/mol. The maximum atomic E-state index is 12.4. The van der Waals surface area contributed by atoms with Gasteiger partial charge in [-0.1, -0.05) is 26.8 Å². The van der Waals surface area contributed by atoms with Crippen LogP contribution in [0.1, 0.15) is 33.6 Å². The number of nitrogens with zero attached hydrogens (tertiary/aromatic N) is 1. The van der Waals surface area contributed by atoms with Crippen LogP contribution >= 0.6 is 11.3 Å². The fourth-order valence-electron chi connectivity index (χ4n) is 2.34. The van der Waals surface area contributed by atoms with Crippen molar-refractivity contribution in [1.82, 2.24) is 9.71 Å². The van der Waals surface area contributed by atoms with Gasteiger partial charge in [-0.2, -0.15) is 4.72 Å². The van der Waals surface area contributed by atoms with Crippen molar-refractivity contribution in [3.63, 3.8) is 0 Å². The number of carbonyl (C=O) groups excluding carboxylic acids is 1. The number of hydrogen-bond donors (Lipinski definition) is 2. The number of oxazole rings is 1. The zero-order valence-electron chi connectivity index (χ0n) is 15.4. The molecule has 7 nitrogen and oxygen atoms in total. The largest absolute Gasteiger partial charge is 0.440 e. The summed E-state index contributed by atoms with van der Waals surface area (Å²) in [5.74, 6) is 0.145. The first-order valence-electron chi connectivity index (χ1n) is 8.34. The quantitative estimate of drug-likeness (QED) is 0.674. The van der Waals surface area contributed by atoms with Crippen molar-refractivity contribution < 1.29 is 17.6 Å². The molecule has 1 amide bonds. The third kappa shape index (κ3) is 4.37. The molecule has 0 bridgehead atoms. The minimum Gasteiger partial charge on any atom is -0.440 e. The molecule has 3 rings (SSSR count). The molecule has 0 spiro atoms. The Balaban J connectivity index is 1.73. The van der Waals surface area contributed by atoms with Crippen LogP contribution in [0.3, 0.4) is 0 Å². The van der Waals surface area contributed by atoms with Crippen LogP contribution in [-0.4, -0.2) is 25.4 Å². The summed E-state index contributed by atoms with van der Waals surface area (Å²) in [5, 5.41) is 4.37. The molecule has 9 heteroatoms. The molecule has 1 aromatic carbocycles. The Morgan fingerprint density at radius 1 is 1.26 bits per heavy atom. The van der Waals surface area contributed by atoms with Crippen LogP contribution in [0.15, 0.2) is 44.3 Å². The van der Waals surface area contributed by atoms with Crippen LogP contribution in [0, 0.1) is 0 Å². The van der Waals surface area contributed by atoms with E-state index in [4.69, 9.17) is 4.42 Å². The van der Waals surface area contributed by atoms with Crippen molar-refractivity contribution in [1.29, 1.82) is 0 Å². The third-order valence-corrected chi connectivity index (χ3v) is 6.72. The van der Waals surface area contributed by atoms with Gasteiger partial charge >= 0.3 is 0 Å². The summed E-state index contributed by atoms with van der Waals surface area (Å²) in [6.07, 6.45) is 0. The van der Waals surface area contributed by atoms with Crippen LogP contribution in [0.5, 0.6) is 0 Å². The highest BCUT2D eigenvalue weighted by Crippen LogP contribution is 2.27. The topological polar surface area (TPSA) is 101 Å². The van der Waals surface area contributed by atoms with E-state index >= 15 is 0 Å². The van der Waals surface area contributed by atoms with E-state index < -0.39 is 22.0 Å². The molecule has 0 saturated carbocycles. The molecule has 0 saturated heterocycles. The van der Waals surface area contributed by atoms with Gasteiger partial charge in [-0.15, -0.1) is 11.3 Å². The standard InChI is InChI=1S/C18H21N3O4S2/c1-11(21-27(23,24)15-6-5-9-26-15)16(22)19-12-7-8-14-13(10-12)20-17(25-14)18(2,3)4/h5-11,21H,1-4H3,(H,19,22)/t11-/m1/s1. The van der Waals surface area contributed by atoms with E-state index in [-0.39, 0.29) is 9.62 Å². The SMILES string of the molecule is C[C@@H](NS(=O)(=O)c1cccs1)C(=O)Nc1ccc2oc(C(C)(C)C)nc2c1. The van der Waals surface area contributed by atoms with Crippen LogP contribution in [-0.2, 0) is 20.2 Å². The number of carbonyl (C=O) groups is 1. The molecule has 2 heterocycles. The van der Waals surface area contributed by atoms with Gasteiger partial charge in [0.05, 0.1) is 6.04 Å². The van der Waals surface area contributed by atoms with Crippen LogP contribution in [0.25, 0.3) is 11.1 Å².